The fraction of sp³-hybridized carbons (Fsp3) is 0.0870. The lowest BCUT2D eigenvalue weighted by atomic mass is 10.1. The molecule has 0 N–H and O–H groups in total. The third-order valence-corrected chi connectivity index (χ3v) is 4.35. The zero-order chi connectivity index (χ0) is 19.5. The molecule has 4 rings (SSSR count). The molecule has 0 amide bonds. The first-order chi connectivity index (χ1) is 13.7. The summed E-state index contributed by atoms with van der Waals surface area (Å²) in [6.45, 7) is 0. The molecular weight excluding hydrogens is 356 g/mol. The highest BCUT2D eigenvalue weighted by atomic mass is 16.5. The number of rotatable bonds is 5. The summed E-state index contributed by atoms with van der Waals surface area (Å²) in [5.41, 5.74) is 1.06. The molecule has 0 fully saturated rings. The average molecular weight is 374 g/mol. The largest absolute Gasteiger partial charge is 0.493 e. The van der Waals surface area contributed by atoms with Crippen LogP contribution in [-0.2, 0) is 0 Å². The summed E-state index contributed by atoms with van der Waals surface area (Å²) in [7, 11) is 3.07. The van der Waals surface area contributed by atoms with Gasteiger partial charge in [0.1, 0.15) is 22.8 Å². The maximum absolute atomic E-state index is 12.6. The Kier molecular flexibility index (Phi) is 4.72. The second-order valence-electron chi connectivity index (χ2n) is 6.12. The highest BCUT2D eigenvalue weighted by molar-refractivity contribution is 5.82. The van der Waals surface area contributed by atoms with Crippen LogP contribution in [0.25, 0.3) is 22.3 Å². The number of hydrogen-bond acceptors (Lipinski definition) is 5. The third kappa shape index (κ3) is 3.42. The van der Waals surface area contributed by atoms with Gasteiger partial charge < -0.3 is 18.6 Å². The zero-order valence-corrected chi connectivity index (χ0v) is 15.5. The summed E-state index contributed by atoms with van der Waals surface area (Å²) in [5.74, 6) is 2.91. The number of hydrogen-bond donors (Lipinski definition) is 0. The summed E-state index contributed by atoms with van der Waals surface area (Å²) in [6, 6.07) is 21.7. The van der Waals surface area contributed by atoms with Crippen molar-refractivity contribution in [3.05, 3.63) is 83.0 Å². The summed E-state index contributed by atoms with van der Waals surface area (Å²) in [6.07, 6.45) is 0. The van der Waals surface area contributed by atoms with Crippen LogP contribution in [0, 0.1) is 0 Å². The summed E-state index contributed by atoms with van der Waals surface area (Å²) < 4.78 is 22.3. The lowest BCUT2D eigenvalue weighted by molar-refractivity contribution is 0.355. The van der Waals surface area contributed by atoms with Gasteiger partial charge in [0.2, 0.25) is 0 Å². The molecule has 0 bridgehead atoms. The van der Waals surface area contributed by atoms with E-state index in [2.05, 4.69) is 0 Å². The molecule has 0 aliphatic carbocycles. The van der Waals surface area contributed by atoms with Crippen molar-refractivity contribution in [3.63, 3.8) is 0 Å². The van der Waals surface area contributed by atoms with Crippen LogP contribution in [0.15, 0.2) is 82.0 Å². The van der Waals surface area contributed by atoms with Gasteiger partial charge in [-0.3, -0.25) is 4.79 Å². The molecule has 0 spiro atoms. The second-order valence-corrected chi connectivity index (χ2v) is 6.12. The van der Waals surface area contributed by atoms with E-state index in [1.54, 1.807) is 12.1 Å². The van der Waals surface area contributed by atoms with E-state index in [1.807, 2.05) is 54.6 Å². The number of methoxy groups -OCH3 is 2. The minimum absolute atomic E-state index is 0.151. The Bertz CT molecular complexity index is 1160. The van der Waals surface area contributed by atoms with Crippen LogP contribution in [0.3, 0.4) is 0 Å². The molecule has 140 valence electrons. The molecule has 5 nitrogen and oxygen atoms in total. The van der Waals surface area contributed by atoms with Gasteiger partial charge in [-0.05, 0) is 42.5 Å². The first kappa shape index (κ1) is 17.7. The Morgan fingerprint density at radius 3 is 2.07 bits per heavy atom. The standard InChI is InChI=1S/C23H18O5/c1-25-22-12-18-19(24)13-20(28-21(18)14-23(22)26-2)15-8-10-17(11-9-15)27-16-6-4-3-5-7-16/h3-14H,1-2H3. The Balaban J connectivity index is 1.69. The van der Waals surface area contributed by atoms with E-state index in [0.717, 1.165) is 11.3 Å². The number of para-hydroxylation sites is 1. The monoisotopic (exact) mass is 374 g/mol. The van der Waals surface area contributed by atoms with Gasteiger partial charge >= 0.3 is 0 Å². The molecule has 0 atom stereocenters. The van der Waals surface area contributed by atoms with E-state index < -0.39 is 0 Å². The van der Waals surface area contributed by atoms with Crippen LogP contribution < -0.4 is 19.6 Å². The van der Waals surface area contributed by atoms with E-state index in [9.17, 15) is 4.79 Å². The van der Waals surface area contributed by atoms with Gasteiger partial charge in [-0.15, -0.1) is 0 Å². The molecule has 5 heteroatoms. The maximum atomic E-state index is 12.6. The fourth-order valence-corrected chi connectivity index (χ4v) is 2.94. The quantitative estimate of drug-likeness (QED) is 0.476. The highest BCUT2D eigenvalue weighted by Crippen LogP contribution is 2.33. The van der Waals surface area contributed by atoms with Crippen molar-refractivity contribution in [2.75, 3.05) is 14.2 Å². The van der Waals surface area contributed by atoms with Gasteiger partial charge in [-0.1, -0.05) is 18.2 Å². The summed E-state index contributed by atoms with van der Waals surface area (Å²) in [4.78, 5) is 12.6. The minimum atomic E-state index is -0.151. The Labute approximate surface area is 161 Å². The summed E-state index contributed by atoms with van der Waals surface area (Å²) in [5, 5.41) is 0.436. The predicted molar refractivity (Wildman–Crippen MR) is 108 cm³/mol. The van der Waals surface area contributed by atoms with E-state index in [4.69, 9.17) is 18.6 Å². The lowest BCUT2D eigenvalue weighted by Crippen LogP contribution is -2.02. The van der Waals surface area contributed by atoms with Crippen molar-refractivity contribution in [2.45, 2.75) is 0 Å². The number of fused-ring (bicyclic) bond motifs is 1. The number of ether oxygens (including phenoxy) is 3. The van der Waals surface area contributed by atoms with Crippen molar-refractivity contribution >= 4 is 11.0 Å². The first-order valence-corrected chi connectivity index (χ1v) is 8.71. The smallest absolute Gasteiger partial charge is 0.193 e. The van der Waals surface area contributed by atoms with Crippen LogP contribution in [0.5, 0.6) is 23.0 Å². The molecule has 4 aromatic rings. The molecule has 1 heterocycles. The van der Waals surface area contributed by atoms with Crippen LogP contribution in [0.4, 0.5) is 0 Å². The van der Waals surface area contributed by atoms with E-state index in [1.165, 1.54) is 20.3 Å². The van der Waals surface area contributed by atoms with Gasteiger partial charge in [0.15, 0.2) is 16.9 Å². The van der Waals surface area contributed by atoms with Crippen molar-refractivity contribution < 1.29 is 18.6 Å². The Morgan fingerprint density at radius 2 is 1.39 bits per heavy atom. The number of benzene rings is 3. The lowest BCUT2D eigenvalue weighted by Gasteiger charge is -2.10. The van der Waals surface area contributed by atoms with Gasteiger partial charge in [0.05, 0.1) is 19.6 Å². The van der Waals surface area contributed by atoms with Crippen LogP contribution >= 0.6 is 0 Å². The maximum Gasteiger partial charge on any atom is 0.193 e. The van der Waals surface area contributed by atoms with E-state index in [-0.39, 0.29) is 5.43 Å². The van der Waals surface area contributed by atoms with Gasteiger partial charge in [0, 0.05) is 17.7 Å². The highest BCUT2D eigenvalue weighted by Gasteiger charge is 2.12. The Morgan fingerprint density at radius 1 is 0.750 bits per heavy atom. The van der Waals surface area contributed by atoms with Crippen LogP contribution in [-0.4, -0.2) is 14.2 Å². The molecule has 0 radical (unpaired) electrons. The first-order valence-electron chi connectivity index (χ1n) is 8.71. The zero-order valence-electron chi connectivity index (χ0n) is 15.5. The topological polar surface area (TPSA) is 57.9 Å². The normalized spacial score (nSPS) is 10.6. The van der Waals surface area contributed by atoms with Crippen LogP contribution in [0.1, 0.15) is 0 Å². The minimum Gasteiger partial charge on any atom is -0.493 e. The summed E-state index contributed by atoms with van der Waals surface area (Å²) >= 11 is 0. The molecule has 0 saturated carbocycles. The average Bonchev–Trinajstić information content (AvgIpc) is 2.74. The molecule has 0 unspecified atom stereocenters. The van der Waals surface area contributed by atoms with Crippen molar-refractivity contribution in [1.82, 2.24) is 0 Å². The molecule has 28 heavy (non-hydrogen) atoms. The van der Waals surface area contributed by atoms with Crippen molar-refractivity contribution in [2.24, 2.45) is 0 Å². The van der Waals surface area contributed by atoms with E-state index in [0.29, 0.717) is 34.0 Å². The van der Waals surface area contributed by atoms with Gasteiger partial charge in [-0.2, -0.15) is 0 Å². The third-order valence-electron chi connectivity index (χ3n) is 4.35. The fourth-order valence-electron chi connectivity index (χ4n) is 2.94. The van der Waals surface area contributed by atoms with Gasteiger partial charge in [0.25, 0.3) is 0 Å². The van der Waals surface area contributed by atoms with Crippen molar-refractivity contribution in [1.29, 1.82) is 0 Å². The van der Waals surface area contributed by atoms with Crippen LogP contribution in [0.2, 0.25) is 0 Å². The SMILES string of the molecule is COc1cc2oc(-c3ccc(Oc4ccccc4)cc3)cc(=O)c2cc1OC. The molecule has 0 saturated heterocycles. The van der Waals surface area contributed by atoms with Gasteiger partial charge in [-0.25, -0.2) is 0 Å². The Hall–Kier alpha value is -3.73. The van der Waals surface area contributed by atoms with E-state index >= 15 is 0 Å². The molecule has 0 aliphatic rings. The molecule has 3 aromatic carbocycles. The predicted octanol–water partition coefficient (Wildman–Crippen LogP) is 5.27. The van der Waals surface area contributed by atoms with Crippen molar-refractivity contribution in [3.8, 4) is 34.3 Å². The molecule has 0 aliphatic heterocycles. The molecular formula is C23H18O5. The molecule has 1 aromatic heterocycles. The second kappa shape index (κ2) is 7.48.